The summed E-state index contributed by atoms with van der Waals surface area (Å²) >= 11 is 0. The number of ether oxygens (including phenoxy) is 1. The largest absolute Gasteiger partial charge is 0.387 e. The number of aryl methyl sites for hydroxylation is 1. The van der Waals surface area contributed by atoms with Gasteiger partial charge in [-0.25, -0.2) is 0 Å². The van der Waals surface area contributed by atoms with Crippen LogP contribution < -0.4 is 0 Å². The number of rotatable bonds is 5. The highest BCUT2D eigenvalue weighted by Crippen LogP contribution is 2.20. The summed E-state index contributed by atoms with van der Waals surface area (Å²) in [4.78, 5) is 14.2. The lowest BCUT2D eigenvalue weighted by atomic mass is 10.00. The van der Waals surface area contributed by atoms with Gasteiger partial charge in [0, 0.05) is 13.2 Å². The molecule has 2 atom stereocenters. The molecule has 21 heavy (non-hydrogen) atoms. The van der Waals surface area contributed by atoms with Gasteiger partial charge in [0.15, 0.2) is 0 Å². The summed E-state index contributed by atoms with van der Waals surface area (Å²) in [5.41, 5.74) is 2.01. The highest BCUT2D eigenvalue weighted by atomic mass is 16.5. The lowest BCUT2D eigenvalue weighted by Crippen LogP contribution is -2.41. The molecular formula is C17H25NO3. The number of amides is 1. The third-order valence-electron chi connectivity index (χ3n) is 4.06. The molecule has 0 unspecified atom stereocenters. The molecule has 4 heteroatoms. The maximum Gasteiger partial charge on any atom is 0.228 e. The van der Waals surface area contributed by atoms with E-state index in [0.717, 1.165) is 30.6 Å². The number of likely N-dealkylation sites (N-methyl/N-ethyl adjacent to an activating group) is 1. The predicted octanol–water partition coefficient (Wildman–Crippen LogP) is 2.30. The number of aliphatic hydroxyl groups excluding tert-OH is 1. The summed E-state index contributed by atoms with van der Waals surface area (Å²) in [6.07, 6.45) is 1.18. The van der Waals surface area contributed by atoms with E-state index in [1.165, 1.54) is 0 Å². The molecule has 0 bridgehead atoms. The molecular weight excluding hydrogens is 266 g/mol. The zero-order valence-corrected chi connectivity index (χ0v) is 12.9. The summed E-state index contributed by atoms with van der Waals surface area (Å²) in [6, 6.07) is 7.79. The molecule has 0 saturated carbocycles. The van der Waals surface area contributed by atoms with E-state index in [1.54, 1.807) is 4.90 Å². The van der Waals surface area contributed by atoms with E-state index in [4.69, 9.17) is 4.74 Å². The van der Waals surface area contributed by atoms with Crippen LogP contribution in [0.4, 0.5) is 0 Å². The standard InChI is InChI=1S/C17H25NO3/c1-3-18(17(20)15-5-4-10-21-12-15)11-16(19)14-8-6-13(2)7-9-14/h6-9,15-16,19H,3-5,10-12H2,1-2H3/t15-,16+/m1/s1. The molecule has 1 aliphatic rings. The molecule has 1 heterocycles. The highest BCUT2D eigenvalue weighted by Gasteiger charge is 2.27. The van der Waals surface area contributed by atoms with Gasteiger partial charge in [0.2, 0.25) is 5.91 Å². The molecule has 1 amide bonds. The fourth-order valence-corrected chi connectivity index (χ4v) is 2.67. The van der Waals surface area contributed by atoms with Crippen LogP contribution in [0.2, 0.25) is 0 Å². The molecule has 0 aromatic heterocycles. The third-order valence-corrected chi connectivity index (χ3v) is 4.06. The summed E-state index contributed by atoms with van der Waals surface area (Å²) in [7, 11) is 0. The first-order valence-electron chi connectivity index (χ1n) is 7.73. The van der Waals surface area contributed by atoms with Gasteiger partial charge in [-0.3, -0.25) is 4.79 Å². The van der Waals surface area contributed by atoms with E-state index in [-0.39, 0.29) is 11.8 Å². The minimum Gasteiger partial charge on any atom is -0.387 e. The van der Waals surface area contributed by atoms with Gasteiger partial charge >= 0.3 is 0 Å². The van der Waals surface area contributed by atoms with Crippen molar-refractivity contribution in [2.24, 2.45) is 5.92 Å². The number of carbonyl (C=O) groups excluding carboxylic acids is 1. The van der Waals surface area contributed by atoms with Crippen LogP contribution in [-0.4, -0.2) is 42.2 Å². The summed E-state index contributed by atoms with van der Waals surface area (Å²) in [5.74, 6) is 0.0484. The van der Waals surface area contributed by atoms with E-state index >= 15 is 0 Å². The monoisotopic (exact) mass is 291 g/mol. The van der Waals surface area contributed by atoms with Crippen molar-refractivity contribution in [1.29, 1.82) is 0 Å². The average Bonchev–Trinajstić information content (AvgIpc) is 2.53. The van der Waals surface area contributed by atoms with Crippen LogP contribution in [0.15, 0.2) is 24.3 Å². The van der Waals surface area contributed by atoms with Gasteiger partial charge in [-0.1, -0.05) is 29.8 Å². The number of benzene rings is 1. The van der Waals surface area contributed by atoms with Crippen LogP contribution in [0, 0.1) is 12.8 Å². The van der Waals surface area contributed by atoms with E-state index in [9.17, 15) is 9.90 Å². The van der Waals surface area contributed by atoms with Crippen molar-refractivity contribution in [3.63, 3.8) is 0 Å². The molecule has 4 nitrogen and oxygen atoms in total. The van der Waals surface area contributed by atoms with Crippen LogP contribution in [0.1, 0.15) is 37.0 Å². The number of hydrogen-bond acceptors (Lipinski definition) is 3. The SMILES string of the molecule is CCN(C[C@H](O)c1ccc(C)cc1)C(=O)[C@@H]1CCCOC1. The molecule has 1 aromatic rings. The van der Waals surface area contributed by atoms with Gasteiger partial charge in [0.1, 0.15) is 0 Å². The Morgan fingerprint density at radius 3 is 2.71 bits per heavy atom. The number of aliphatic hydroxyl groups is 1. The second-order valence-corrected chi connectivity index (χ2v) is 5.72. The minimum atomic E-state index is -0.640. The van der Waals surface area contributed by atoms with Crippen molar-refractivity contribution < 1.29 is 14.6 Å². The predicted molar refractivity (Wildman–Crippen MR) is 81.9 cm³/mol. The van der Waals surface area contributed by atoms with Gasteiger partial charge in [-0.2, -0.15) is 0 Å². The van der Waals surface area contributed by atoms with Crippen molar-refractivity contribution >= 4 is 5.91 Å². The first kappa shape index (κ1) is 16.0. The molecule has 1 fully saturated rings. The maximum atomic E-state index is 12.5. The van der Waals surface area contributed by atoms with Gasteiger partial charge in [0.05, 0.1) is 25.2 Å². The normalized spacial score (nSPS) is 20.0. The highest BCUT2D eigenvalue weighted by molar-refractivity contribution is 5.79. The van der Waals surface area contributed by atoms with Crippen molar-refractivity contribution in [2.75, 3.05) is 26.3 Å². The maximum absolute atomic E-state index is 12.5. The topological polar surface area (TPSA) is 49.8 Å². The lowest BCUT2D eigenvalue weighted by Gasteiger charge is -2.30. The Kier molecular flexibility index (Phi) is 5.76. The number of carbonyl (C=O) groups is 1. The zero-order chi connectivity index (χ0) is 15.2. The Hall–Kier alpha value is -1.39. The quantitative estimate of drug-likeness (QED) is 0.905. The minimum absolute atomic E-state index is 0.0519. The Bertz CT molecular complexity index is 452. The fraction of sp³-hybridized carbons (Fsp3) is 0.588. The van der Waals surface area contributed by atoms with Gasteiger partial charge in [-0.05, 0) is 32.3 Å². The Morgan fingerprint density at radius 1 is 1.43 bits per heavy atom. The number of hydrogen-bond donors (Lipinski definition) is 1. The first-order valence-corrected chi connectivity index (χ1v) is 7.73. The number of nitrogens with zero attached hydrogens (tertiary/aromatic N) is 1. The third kappa shape index (κ3) is 4.29. The van der Waals surface area contributed by atoms with Crippen LogP contribution in [0.25, 0.3) is 0 Å². The fourth-order valence-electron chi connectivity index (χ4n) is 2.67. The van der Waals surface area contributed by atoms with Crippen LogP contribution in [0.5, 0.6) is 0 Å². The molecule has 0 spiro atoms. The Labute approximate surface area is 126 Å². The van der Waals surface area contributed by atoms with Crippen molar-refractivity contribution in [1.82, 2.24) is 4.90 Å². The molecule has 2 rings (SSSR count). The molecule has 0 aliphatic carbocycles. The average molecular weight is 291 g/mol. The second kappa shape index (κ2) is 7.57. The molecule has 116 valence electrons. The molecule has 0 radical (unpaired) electrons. The smallest absolute Gasteiger partial charge is 0.228 e. The van der Waals surface area contributed by atoms with E-state index in [2.05, 4.69) is 0 Å². The van der Waals surface area contributed by atoms with Crippen molar-refractivity contribution in [2.45, 2.75) is 32.8 Å². The van der Waals surface area contributed by atoms with Crippen LogP contribution >= 0.6 is 0 Å². The van der Waals surface area contributed by atoms with Gasteiger partial charge in [-0.15, -0.1) is 0 Å². The van der Waals surface area contributed by atoms with E-state index in [1.807, 2.05) is 38.1 Å². The lowest BCUT2D eigenvalue weighted by molar-refractivity contribution is -0.141. The van der Waals surface area contributed by atoms with Gasteiger partial charge < -0.3 is 14.7 Å². The Balaban J connectivity index is 1.97. The molecule has 1 saturated heterocycles. The van der Waals surface area contributed by atoms with Crippen molar-refractivity contribution in [3.05, 3.63) is 35.4 Å². The zero-order valence-electron chi connectivity index (χ0n) is 12.9. The van der Waals surface area contributed by atoms with Crippen molar-refractivity contribution in [3.8, 4) is 0 Å². The van der Waals surface area contributed by atoms with E-state index in [0.29, 0.717) is 19.7 Å². The molecule has 1 aromatic carbocycles. The molecule has 1 N–H and O–H groups in total. The van der Waals surface area contributed by atoms with Crippen LogP contribution in [-0.2, 0) is 9.53 Å². The summed E-state index contributed by atoms with van der Waals surface area (Å²) in [6.45, 7) is 6.18. The summed E-state index contributed by atoms with van der Waals surface area (Å²) < 4.78 is 5.39. The van der Waals surface area contributed by atoms with Crippen LogP contribution in [0.3, 0.4) is 0 Å². The Morgan fingerprint density at radius 2 is 2.14 bits per heavy atom. The second-order valence-electron chi connectivity index (χ2n) is 5.72. The molecule has 1 aliphatic heterocycles. The first-order chi connectivity index (χ1) is 10.1. The van der Waals surface area contributed by atoms with Gasteiger partial charge in [0.25, 0.3) is 0 Å². The van der Waals surface area contributed by atoms with E-state index < -0.39 is 6.10 Å². The summed E-state index contributed by atoms with van der Waals surface area (Å²) in [5, 5.41) is 10.3.